The van der Waals surface area contributed by atoms with Crippen LogP contribution in [0.25, 0.3) is 16.6 Å². The number of methoxy groups -OCH3 is 1. The van der Waals surface area contributed by atoms with Gasteiger partial charge in [-0.05, 0) is 72.4 Å². The minimum atomic E-state index is -0.349. The first-order valence-corrected chi connectivity index (χ1v) is 10.1. The van der Waals surface area contributed by atoms with Crippen molar-refractivity contribution < 1.29 is 13.9 Å². The zero-order chi connectivity index (χ0) is 20.7. The molecule has 0 aliphatic heterocycles. The molecule has 0 atom stereocenters. The molecule has 0 bridgehead atoms. The van der Waals surface area contributed by atoms with Gasteiger partial charge < -0.3 is 9.30 Å². The van der Waals surface area contributed by atoms with Crippen LogP contribution in [-0.4, -0.2) is 22.6 Å². The number of halogens is 1. The fraction of sp³-hybridized carbons (Fsp3) is 0.200. The molecule has 2 heterocycles. The van der Waals surface area contributed by atoms with E-state index in [1.165, 1.54) is 19.2 Å². The summed E-state index contributed by atoms with van der Waals surface area (Å²) in [5, 5.41) is 1.05. The van der Waals surface area contributed by atoms with Crippen molar-refractivity contribution in [3.63, 3.8) is 0 Å². The van der Waals surface area contributed by atoms with Gasteiger partial charge in [0.25, 0.3) is 0 Å². The van der Waals surface area contributed by atoms with Gasteiger partial charge in [-0.3, -0.25) is 4.98 Å². The van der Waals surface area contributed by atoms with Crippen molar-refractivity contribution in [2.45, 2.75) is 25.2 Å². The zero-order valence-corrected chi connectivity index (χ0v) is 16.6. The molecule has 0 amide bonds. The van der Waals surface area contributed by atoms with Gasteiger partial charge in [0.05, 0.1) is 23.9 Å². The van der Waals surface area contributed by atoms with Crippen molar-refractivity contribution in [3.8, 4) is 5.69 Å². The Hall–Kier alpha value is -3.47. The molecule has 1 saturated carbocycles. The molecule has 0 N–H and O–H groups in total. The third kappa shape index (κ3) is 3.47. The summed E-state index contributed by atoms with van der Waals surface area (Å²) in [4.78, 5) is 16.9. The maximum Gasteiger partial charge on any atom is 0.339 e. The SMILES string of the molecule is COC(=O)c1cc(C2CC2)cnc1Cc1ccc2c(ccn2-c2cccc(F)c2)c1. The molecule has 4 nitrogen and oxygen atoms in total. The van der Waals surface area contributed by atoms with Gasteiger partial charge in [-0.1, -0.05) is 12.1 Å². The summed E-state index contributed by atoms with van der Waals surface area (Å²) in [5.74, 6) is -0.0886. The van der Waals surface area contributed by atoms with Crippen LogP contribution in [0.1, 0.15) is 45.9 Å². The van der Waals surface area contributed by atoms with Crippen molar-refractivity contribution in [2.24, 2.45) is 0 Å². The number of esters is 1. The molecule has 1 aliphatic rings. The van der Waals surface area contributed by atoms with Crippen molar-refractivity contribution in [3.05, 3.63) is 95.2 Å². The van der Waals surface area contributed by atoms with Gasteiger partial charge in [0.2, 0.25) is 0 Å². The predicted molar refractivity (Wildman–Crippen MR) is 114 cm³/mol. The van der Waals surface area contributed by atoms with E-state index in [2.05, 4.69) is 11.1 Å². The zero-order valence-electron chi connectivity index (χ0n) is 16.6. The van der Waals surface area contributed by atoms with E-state index in [0.717, 1.165) is 46.3 Å². The van der Waals surface area contributed by atoms with Crippen LogP contribution in [0, 0.1) is 5.82 Å². The maximum absolute atomic E-state index is 13.6. The Labute approximate surface area is 173 Å². The minimum Gasteiger partial charge on any atom is -0.465 e. The number of hydrogen-bond donors (Lipinski definition) is 0. The summed E-state index contributed by atoms with van der Waals surface area (Å²) in [6.07, 6.45) is 6.67. The Morgan fingerprint density at radius 1 is 1.17 bits per heavy atom. The first-order valence-electron chi connectivity index (χ1n) is 10.1. The van der Waals surface area contributed by atoms with Gasteiger partial charge in [0, 0.05) is 29.9 Å². The number of benzene rings is 2. The minimum absolute atomic E-state index is 0.262. The van der Waals surface area contributed by atoms with E-state index in [9.17, 15) is 9.18 Å². The van der Waals surface area contributed by atoms with Crippen molar-refractivity contribution in [1.29, 1.82) is 0 Å². The highest BCUT2D eigenvalue weighted by Gasteiger charge is 2.26. The lowest BCUT2D eigenvalue weighted by molar-refractivity contribution is 0.0599. The standard InChI is InChI=1S/C25H21FN2O2/c1-30-25(29)22-13-19(17-6-7-17)15-27-23(22)12-16-5-8-24-18(11-16)9-10-28(24)21-4-2-3-20(26)14-21/h2-5,8-11,13-15,17H,6-7,12H2,1H3. The molecular weight excluding hydrogens is 379 g/mol. The molecule has 4 aromatic rings. The van der Waals surface area contributed by atoms with Crippen LogP contribution in [-0.2, 0) is 11.2 Å². The second-order valence-electron chi connectivity index (χ2n) is 7.76. The molecule has 2 aromatic carbocycles. The van der Waals surface area contributed by atoms with E-state index < -0.39 is 0 Å². The molecule has 5 rings (SSSR count). The number of carbonyl (C=O) groups is 1. The molecule has 150 valence electrons. The van der Waals surface area contributed by atoms with Crippen LogP contribution in [0.2, 0.25) is 0 Å². The fourth-order valence-corrected chi connectivity index (χ4v) is 3.92. The second-order valence-corrected chi connectivity index (χ2v) is 7.76. The first kappa shape index (κ1) is 18.6. The van der Waals surface area contributed by atoms with Crippen LogP contribution in [0.4, 0.5) is 4.39 Å². The molecule has 1 aliphatic carbocycles. The van der Waals surface area contributed by atoms with Crippen molar-refractivity contribution in [1.82, 2.24) is 9.55 Å². The van der Waals surface area contributed by atoms with Crippen molar-refractivity contribution >= 4 is 16.9 Å². The fourth-order valence-electron chi connectivity index (χ4n) is 3.92. The van der Waals surface area contributed by atoms with Crippen LogP contribution < -0.4 is 0 Å². The molecule has 5 heteroatoms. The Morgan fingerprint density at radius 3 is 2.80 bits per heavy atom. The number of rotatable bonds is 5. The quantitative estimate of drug-likeness (QED) is 0.420. The van der Waals surface area contributed by atoms with E-state index in [1.54, 1.807) is 6.07 Å². The molecule has 0 saturated heterocycles. The monoisotopic (exact) mass is 400 g/mol. The van der Waals surface area contributed by atoms with Gasteiger partial charge in [0.1, 0.15) is 5.82 Å². The average molecular weight is 400 g/mol. The Kier molecular flexibility index (Phi) is 4.58. The van der Waals surface area contributed by atoms with Crippen LogP contribution >= 0.6 is 0 Å². The lowest BCUT2D eigenvalue weighted by Gasteiger charge is -2.10. The highest BCUT2D eigenvalue weighted by molar-refractivity contribution is 5.91. The molecule has 2 aromatic heterocycles. The normalized spacial score (nSPS) is 13.5. The van der Waals surface area contributed by atoms with E-state index >= 15 is 0 Å². The second kappa shape index (κ2) is 7.41. The summed E-state index contributed by atoms with van der Waals surface area (Å²) >= 11 is 0. The molecular formula is C25H21FN2O2. The largest absolute Gasteiger partial charge is 0.465 e. The summed E-state index contributed by atoms with van der Waals surface area (Å²) in [7, 11) is 1.40. The topological polar surface area (TPSA) is 44.1 Å². The highest BCUT2D eigenvalue weighted by atomic mass is 19.1. The number of fused-ring (bicyclic) bond motifs is 1. The number of carbonyl (C=O) groups excluding carboxylic acids is 1. The summed E-state index contributed by atoms with van der Waals surface area (Å²) in [6.45, 7) is 0. The third-order valence-electron chi connectivity index (χ3n) is 5.66. The molecule has 1 fully saturated rings. The van der Waals surface area contributed by atoms with E-state index in [4.69, 9.17) is 4.74 Å². The predicted octanol–water partition coefficient (Wildman–Crippen LogP) is 5.42. The molecule has 0 radical (unpaired) electrons. The summed E-state index contributed by atoms with van der Waals surface area (Å²) in [5.41, 5.74) is 5.20. The van der Waals surface area contributed by atoms with Crippen molar-refractivity contribution in [2.75, 3.05) is 7.11 Å². The van der Waals surface area contributed by atoms with Gasteiger partial charge in [-0.2, -0.15) is 0 Å². The Bertz CT molecular complexity index is 1260. The first-order chi connectivity index (χ1) is 14.6. The van der Waals surface area contributed by atoms with Gasteiger partial charge in [0.15, 0.2) is 0 Å². The smallest absolute Gasteiger partial charge is 0.339 e. The van der Waals surface area contributed by atoms with E-state index in [1.807, 2.05) is 47.3 Å². The average Bonchev–Trinajstić information content (AvgIpc) is 3.53. The maximum atomic E-state index is 13.6. The molecule has 0 spiro atoms. The van der Waals surface area contributed by atoms with Gasteiger partial charge in [-0.15, -0.1) is 0 Å². The summed E-state index contributed by atoms with van der Waals surface area (Å²) in [6, 6.07) is 16.6. The molecule has 0 unspecified atom stereocenters. The van der Waals surface area contributed by atoms with Crippen LogP contribution in [0.3, 0.4) is 0 Å². The van der Waals surface area contributed by atoms with Crippen LogP contribution in [0.5, 0.6) is 0 Å². The summed E-state index contributed by atoms with van der Waals surface area (Å²) < 4.78 is 20.6. The van der Waals surface area contributed by atoms with Gasteiger partial charge in [-0.25, -0.2) is 9.18 Å². The van der Waals surface area contributed by atoms with E-state index in [0.29, 0.717) is 17.9 Å². The number of ether oxygens (including phenoxy) is 1. The third-order valence-corrected chi connectivity index (χ3v) is 5.66. The molecule has 30 heavy (non-hydrogen) atoms. The number of nitrogens with zero attached hydrogens (tertiary/aromatic N) is 2. The number of hydrogen-bond acceptors (Lipinski definition) is 3. The number of pyridine rings is 1. The Morgan fingerprint density at radius 2 is 2.03 bits per heavy atom. The lowest BCUT2D eigenvalue weighted by atomic mass is 10.0. The number of aromatic nitrogens is 2. The van der Waals surface area contributed by atoms with E-state index in [-0.39, 0.29) is 11.8 Å². The lowest BCUT2D eigenvalue weighted by Crippen LogP contribution is -2.09. The van der Waals surface area contributed by atoms with Gasteiger partial charge >= 0.3 is 5.97 Å². The highest BCUT2D eigenvalue weighted by Crippen LogP contribution is 2.40. The van der Waals surface area contributed by atoms with Crippen LogP contribution in [0.15, 0.2) is 67.0 Å². The Balaban J connectivity index is 1.48.